The second kappa shape index (κ2) is 8.01. The van der Waals surface area contributed by atoms with Gasteiger partial charge in [-0.1, -0.05) is 36.0 Å². The Balaban J connectivity index is 1.82. The summed E-state index contributed by atoms with van der Waals surface area (Å²) in [5.41, 5.74) is 4.34. The Morgan fingerprint density at radius 3 is 2.54 bits per heavy atom. The fraction of sp³-hybridized carbons (Fsp3) is 0.150. The van der Waals surface area contributed by atoms with Crippen molar-refractivity contribution in [2.75, 3.05) is 7.11 Å². The average molecular weight is 365 g/mol. The summed E-state index contributed by atoms with van der Waals surface area (Å²) in [6.07, 6.45) is 1.79. The molecular weight excluding hydrogens is 346 g/mol. The van der Waals surface area contributed by atoms with E-state index in [2.05, 4.69) is 15.2 Å². The Labute approximate surface area is 156 Å². The first kappa shape index (κ1) is 17.9. The van der Waals surface area contributed by atoms with Gasteiger partial charge >= 0.3 is 5.97 Å². The Morgan fingerprint density at radius 1 is 1.15 bits per heavy atom. The molecular formula is C20H19N3O2S. The minimum atomic E-state index is -0.346. The Kier molecular flexibility index (Phi) is 5.53. The van der Waals surface area contributed by atoms with Crippen LogP contribution in [-0.4, -0.2) is 29.5 Å². The smallest absolute Gasteiger partial charge is 0.337 e. The number of ether oxygens (including phenoxy) is 1. The van der Waals surface area contributed by atoms with E-state index in [1.54, 1.807) is 30.1 Å². The maximum atomic E-state index is 11.5. The van der Waals surface area contributed by atoms with E-state index in [-0.39, 0.29) is 5.97 Å². The Bertz CT molecular complexity index is 926. The molecule has 5 nitrogen and oxygen atoms in total. The van der Waals surface area contributed by atoms with Crippen LogP contribution in [0.2, 0.25) is 0 Å². The van der Waals surface area contributed by atoms with E-state index in [0.29, 0.717) is 5.56 Å². The highest BCUT2D eigenvalue weighted by atomic mass is 32.2. The monoisotopic (exact) mass is 365 g/mol. The molecule has 0 saturated carbocycles. The van der Waals surface area contributed by atoms with E-state index < -0.39 is 0 Å². The maximum absolute atomic E-state index is 11.5. The lowest BCUT2D eigenvalue weighted by molar-refractivity contribution is 0.0600. The molecule has 132 valence electrons. The van der Waals surface area contributed by atoms with Crippen LogP contribution in [0, 0.1) is 13.8 Å². The second-order valence-electron chi connectivity index (χ2n) is 5.70. The summed E-state index contributed by atoms with van der Waals surface area (Å²) in [7, 11) is 1.37. The fourth-order valence-electron chi connectivity index (χ4n) is 2.42. The van der Waals surface area contributed by atoms with Gasteiger partial charge < -0.3 is 4.74 Å². The van der Waals surface area contributed by atoms with E-state index in [9.17, 15) is 4.79 Å². The van der Waals surface area contributed by atoms with Gasteiger partial charge in [0.15, 0.2) is 0 Å². The lowest BCUT2D eigenvalue weighted by Gasteiger charge is -2.05. The van der Waals surface area contributed by atoms with Crippen molar-refractivity contribution >= 4 is 29.6 Å². The number of nitrogens with zero attached hydrogens (tertiary/aromatic N) is 2. The van der Waals surface area contributed by atoms with Gasteiger partial charge in [0.2, 0.25) is 0 Å². The minimum absolute atomic E-state index is 0.346. The van der Waals surface area contributed by atoms with Crippen LogP contribution in [0.5, 0.6) is 0 Å². The molecule has 0 aliphatic heterocycles. The number of aromatic nitrogens is 2. The summed E-state index contributed by atoms with van der Waals surface area (Å²) in [4.78, 5) is 18.3. The van der Waals surface area contributed by atoms with Crippen LogP contribution in [0.15, 0.2) is 63.3 Å². The van der Waals surface area contributed by atoms with Crippen molar-refractivity contribution in [3.05, 3.63) is 71.0 Å². The summed E-state index contributed by atoms with van der Waals surface area (Å²) in [5.74, 6) is -0.346. The van der Waals surface area contributed by atoms with Gasteiger partial charge in [-0.25, -0.2) is 4.79 Å². The molecule has 0 bridgehead atoms. The topological polar surface area (TPSA) is 67.3 Å². The fourth-order valence-corrected chi connectivity index (χ4v) is 3.40. The van der Waals surface area contributed by atoms with E-state index in [1.165, 1.54) is 7.11 Å². The summed E-state index contributed by atoms with van der Waals surface area (Å²) in [6, 6.07) is 15.1. The van der Waals surface area contributed by atoms with Crippen molar-refractivity contribution in [1.82, 2.24) is 10.2 Å². The number of H-pyrrole nitrogens is 1. The van der Waals surface area contributed by atoms with Gasteiger partial charge in [0, 0.05) is 16.8 Å². The van der Waals surface area contributed by atoms with Crippen molar-refractivity contribution in [2.24, 2.45) is 4.99 Å². The van der Waals surface area contributed by atoms with Crippen LogP contribution >= 0.6 is 11.8 Å². The second-order valence-corrected chi connectivity index (χ2v) is 6.76. The molecule has 0 unspecified atom stereocenters. The number of benzene rings is 2. The normalized spacial score (nSPS) is 11.0. The highest BCUT2D eigenvalue weighted by molar-refractivity contribution is 7.99. The number of methoxy groups -OCH3 is 1. The summed E-state index contributed by atoms with van der Waals surface area (Å²) < 4.78 is 4.71. The zero-order valence-corrected chi connectivity index (χ0v) is 15.6. The molecule has 0 amide bonds. The number of para-hydroxylation sites is 1. The third-order valence-corrected chi connectivity index (χ3v) is 5.19. The molecule has 0 aliphatic rings. The van der Waals surface area contributed by atoms with Crippen molar-refractivity contribution in [3.8, 4) is 0 Å². The number of aryl methyl sites for hydroxylation is 2. The molecule has 0 radical (unpaired) electrons. The maximum Gasteiger partial charge on any atom is 0.337 e. The Morgan fingerprint density at radius 2 is 1.88 bits per heavy atom. The number of carbonyl (C=O) groups excluding carboxylic acids is 1. The molecule has 0 atom stereocenters. The van der Waals surface area contributed by atoms with Crippen LogP contribution in [0.25, 0.3) is 0 Å². The average Bonchev–Trinajstić information content (AvgIpc) is 2.99. The van der Waals surface area contributed by atoms with Crippen molar-refractivity contribution in [2.45, 2.75) is 23.6 Å². The third-order valence-electron chi connectivity index (χ3n) is 3.82. The summed E-state index contributed by atoms with van der Waals surface area (Å²) in [5, 5.41) is 7.25. The Hall–Kier alpha value is -2.86. The lowest BCUT2D eigenvalue weighted by Crippen LogP contribution is -2.00. The minimum Gasteiger partial charge on any atom is -0.465 e. The van der Waals surface area contributed by atoms with Gasteiger partial charge in [0.25, 0.3) is 0 Å². The van der Waals surface area contributed by atoms with Gasteiger partial charge in [0.1, 0.15) is 0 Å². The van der Waals surface area contributed by atoms with Gasteiger partial charge in [-0.05, 0) is 43.7 Å². The first-order valence-electron chi connectivity index (χ1n) is 8.09. The quantitative estimate of drug-likeness (QED) is 0.525. The van der Waals surface area contributed by atoms with E-state index in [0.717, 1.165) is 32.4 Å². The van der Waals surface area contributed by atoms with Crippen molar-refractivity contribution in [3.63, 3.8) is 0 Å². The number of hydrogen-bond donors (Lipinski definition) is 1. The number of carbonyl (C=O) groups is 1. The molecule has 0 saturated heterocycles. The molecule has 1 N–H and O–H groups in total. The largest absolute Gasteiger partial charge is 0.465 e. The first-order chi connectivity index (χ1) is 12.6. The van der Waals surface area contributed by atoms with E-state index in [1.807, 2.05) is 50.2 Å². The highest BCUT2D eigenvalue weighted by Gasteiger charge is 2.10. The number of rotatable bonds is 5. The van der Waals surface area contributed by atoms with E-state index >= 15 is 0 Å². The van der Waals surface area contributed by atoms with Gasteiger partial charge in [0.05, 0.1) is 29.0 Å². The predicted molar refractivity (Wildman–Crippen MR) is 104 cm³/mol. The number of esters is 1. The third kappa shape index (κ3) is 4.03. The van der Waals surface area contributed by atoms with Crippen LogP contribution in [0.1, 0.15) is 27.3 Å². The van der Waals surface area contributed by atoms with Crippen molar-refractivity contribution < 1.29 is 9.53 Å². The SMILES string of the molecule is COC(=O)c1ccc(C=Nc2ccccc2Sc2c(C)n[nH]c2C)cc1. The van der Waals surface area contributed by atoms with Gasteiger partial charge in [-0.15, -0.1) is 0 Å². The molecule has 6 heteroatoms. The lowest BCUT2D eigenvalue weighted by atomic mass is 10.1. The highest BCUT2D eigenvalue weighted by Crippen LogP contribution is 2.37. The zero-order valence-electron chi connectivity index (χ0n) is 14.8. The standard InChI is InChI=1S/C20H19N3O2S/c1-13-19(14(2)23-22-13)26-18-7-5-4-6-17(18)21-12-15-8-10-16(11-9-15)20(24)25-3/h4-12H,1-3H3,(H,22,23). The number of aliphatic imine (C=N–C) groups is 1. The molecule has 0 spiro atoms. The molecule has 2 aromatic carbocycles. The number of aromatic amines is 1. The number of hydrogen-bond acceptors (Lipinski definition) is 5. The number of nitrogens with one attached hydrogen (secondary N) is 1. The summed E-state index contributed by atoms with van der Waals surface area (Å²) >= 11 is 1.65. The predicted octanol–water partition coefficient (Wildman–Crippen LogP) is 4.71. The van der Waals surface area contributed by atoms with Crippen LogP contribution in [0.4, 0.5) is 5.69 Å². The molecule has 1 aromatic heterocycles. The van der Waals surface area contributed by atoms with Gasteiger partial charge in [-0.2, -0.15) is 5.10 Å². The first-order valence-corrected chi connectivity index (χ1v) is 8.91. The zero-order chi connectivity index (χ0) is 18.5. The molecule has 0 fully saturated rings. The molecule has 1 heterocycles. The molecule has 26 heavy (non-hydrogen) atoms. The van der Waals surface area contributed by atoms with Crippen molar-refractivity contribution in [1.29, 1.82) is 0 Å². The van der Waals surface area contributed by atoms with Crippen LogP contribution in [-0.2, 0) is 4.74 Å². The molecule has 0 aliphatic carbocycles. The molecule has 3 rings (SSSR count). The van der Waals surface area contributed by atoms with Crippen LogP contribution in [0.3, 0.4) is 0 Å². The molecule has 3 aromatic rings. The van der Waals surface area contributed by atoms with Gasteiger partial charge in [-0.3, -0.25) is 10.1 Å². The van der Waals surface area contributed by atoms with E-state index in [4.69, 9.17) is 4.74 Å². The van der Waals surface area contributed by atoms with Crippen LogP contribution < -0.4 is 0 Å². The summed E-state index contributed by atoms with van der Waals surface area (Å²) in [6.45, 7) is 4.00.